The van der Waals surface area contributed by atoms with Gasteiger partial charge in [0.1, 0.15) is 0 Å². The fraction of sp³-hybridized carbons (Fsp3) is 0.294. The van der Waals surface area contributed by atoms with Crippen molar-refractivity contribution in [3.05, 3.63) is 48.0 Å². The van der Waals surface area contributed by atoms with Crippen LogP contribution >= 0.6 is 11.3 Å². The highest BCUT2D eigenvalue weighted by molar-refractivity contribution is 7.25. The average Bonchev–Trinajstić information content (AvgIpc) is 2.82. The van der Waals surface area contributed by atoms with Crippen LogP contribution in [0, 0.1) is 0 Å². The fourth-order valence-electron chi connectivity index (χ4n) is 2.58. The minimum absolute atomic E-state index is 1.05. The standard InChI is InChI=1S/C17H19NS/c1-3-18(4-2)12-13-9-10-17-15(11-13)14-7-5-6-8-16(14)19-17/h5-11H,3-4,12H2,1-2H3. The molecule has 19 heavy (non-hydrogen) atoms. The molecule has 98 valence electrons. The highest BCUT2D eigenvalue weighted by atomic mass is 32.1. The Morgan fingerprint density at radius 2 is 1.63 bits per heavy atom. The van der Waals surface area contributed by atoms with Crippen molar-refractivity contribution in [3.8, 4) is 0 Å². The molecule has 0 saturated heterocycles. The molecule has 1 heterocycles. The van der Waals surface area contributed by atoms with E-state index in [4.69, 9.17) is 0 Å². The highest BCUT2D eigenvalue weighted by Crippen LogP contribution is 2.34. The Morgan fingerprint density at radius 1 is 0.895 bits per heavy atom. The molecule has 0 atom stereocenters. The van der Waals surface area contributed by atoms with Crippen molar-refractivity contribution >= 4 is 31.5 Å². The summed E-state index contributed by atoms with van der Waals surface area (Å²) in [7, 11) is 0. The molecule has 3 rings (SSSR count). The number of thiophene rings is 1. The van der Waals surface area contributed by atoms with E-state index in [0.29, 0.717) is 0 Å². The van der Waals surface area contributed by atoms with Gasteiger partial charge in [0.2, 0.25) is 0 Å². The van der Waals surface area contributed by atoms with Gasteiger partial charge < -0.3 is 0 Å². The number of hydrogen-bond acceptors (Lipinski definition) is 2. The summed E-state index contributed by atoms with van der Waals surface area (Å²) < 4.78 is 2.78. The van der Waals surface area contributed by atoms with Crippen LogP contribution in [-0.2, 0) is 6.54 Å². The molecule has 2 heteroatoms. The summed E-state index contributed by atoms with van der Waals surface area (Å²) in [6.45, 7) is 7.72. The topological polar surface area (TPSA) is 3.24 Å². The summed E-state index contributed by atoms with van der Waals surface area (Å²) in [6.07, 6.45) is 0. The molecule has 0 radical (unpaired) electrons. The van der Waals surface area contributed by atoms with Crippen molar-refractivity contribution in [2.24, 2.45) is 0 Å². The molecule has 0 aliphatic carbocycles. The van der Waals surface area contributed by atoms with Crippen molar-refractivity contribution in [1.82, 2.24) is 4.90 Å². The van der Waals surface area contributed by atoms with Crippen molar-refractivity contribution in [3.63, 3.8) is 0 Å². The first-order chi connectivity index (χ1) is 9.31. The van der Waals surface area contributed by atoms with Crippen LogP contribution in [0.4, 0.5) is 0 Å². The number of nitrogens with zero attached hydrogens (tertiary/aromatic N) is 1. The summed E-state index contributed by atoms with van der Waals surface area (Å²) >= 11 is 1.89. The number of hydrogen-bond donors (Lipinski definition) is 0. The second-order valence-corrected chi connectivity index (χ2v) is 5.97. The molecule has 0 unspecified atom stereocenters. The zero-order chi connectivity index (χ0) is 13.2. The van der Waals surface area contributed by atoms with Gasteiger partial charge in [-0.2, -0.15) is 0 Å². The lowest BCUT2D eigenvalue weighted by Crippen LogP contribution is -2.21. The van der Waals surface area contributed by atoms with Gasteiger partial charge in [-0.3, -0.25) is 4.90 Å². The van der Waals surface area contributed by atoms with Gasteiger partial charge >= 0.3 is 0 Å². The van der Waals surface area contributed by atoms with E-state index < -0.39 is 0 Å². The first-order valence-electron chi connectivity index (χ1n) is 6.94. The minimum Gasteiger partial charge on any atom is -0.300 e. The Morgan fingerprint density at radius 3 is 2.42 bits per heavy atom. The van der Waals surface area contributed by atoms with Gasteiger partial charge in [0.05, 0.1) is 0 Å². The molecule has 3 aromatic rings. The maximum atomic E-state index is 2.45. The normalized spacial score (nSPS) is 11.7. The lowest BCUT2D eigenvalue weighted by Gasteiger charge is -2.17. The van der Waals surface area contributed by atoms with Gasteiger partial charge in [-0.25, -0.2) is 0 Å². The van der Waals surface area contributed by atoms with Gasteiger partial charge in [-0.05, 0) is 36.9 Å². The predicted octanol–water partition coefficient (Wildman–Crippen LogP) is 4.90. The van der Waals surface area contributed by atoms with Crippen LogP contribution in [0.2, 0.25) is 0 Å². The number of rotatable bonds is 4. The molecule has 1 nitrogen and oxygen atoms in total. The zero-order valence-corrected chi connectivity index (χ0v) is 12.3. The molecule has 0 bridgehead atoms. The van der Waals surface area contributed by atoms with E-state index in [-0.39, 0.29) is 0 Å². The first-order valence-corrected chi connectivity index (χ1v) is 7.76. The lowest BCUT2D eigenvalue weighted by atomic mass is 10.1. The van der Waals surface area contributed by atoms with Crippen molar-refractivity contribution in [1.29, 1.82) is 0 Å². The lowest BCUT2D eigenvalue weighted by molar-refractivity contribution is 0.296. The first kappa shape index (κ1) is 12.6. The summed E-state index contributed by atoms with van der Waals surface area (Å²) in [5.41, 5.74) is 1.42. The fourth-order valence-corrected chi connectivity index (χ4v) is 3.66. The molecule has 0 aliphatic heterocycles. The third-order valence-electron chi connectivity index (χ3n) is 3.74. The van der Waals surface area contributed by atoms with Crippen molar-refractivity contribution < 1.29 is 0 Å². The minimum atomic E-state index is 1.05. The Balaban J connectivity index is 2.06. The van der Waals surface area contributed by atoms with Crippen LogP contribution < -0.4 is 0 Å². The van der Waals surface area contributed by atoms with Gasteiger partial charge in [0, 0.05) is 26.7 Å². The molecule has 0 fully saturated rings. The van der Waals surface area contributed by atoms with Crippen LogP contribution in [0.5, 0.6) is 0 Å². The van der Waals surface area contributed by atoms with Crippen LogP contribution in [0.3, 0.4) is 0 Å². The summed E-state index contributed by atoms with van der Waals surface area (Å²) in [4.78, 5) is 2.45. The second kappa shape index (κ2) is 5.32. The predicted molar refractivity (Wildman–Crippen MR) is 86.0 cm³/mol. The Bertz CT molecular complexity index is 695. The quantitative estimate of drug-likeness (QED) is 0.651. The van der Waals surface area contributed by atoms with Crippen LogP contribution in [0.15, 0.2) is 42.5 Å². The molecule has 0 saturated carbocycles. The largest absolute Gasteiger partial charge is 0.300 e. The van der Waals surface area contributed by atoms with Crippen LogP contribution in [-0.4, -0.2) is 18.0 Å². The van der Waals surface area contributed by atoms with Gasteiger partial charge in [-0.15, -0.1) is 11.3 Å². The van der Waals surface area contributed by atoms with Gasteiger partial charge in [0.15, 0.2) is 0 Å². The second-order valence-electron chi connectivity index (χ2n) is 4.89. The van der Waals surface area contributed by atoms with Crippen molar-refractivity contribution in [2.75, 3.05) is 13.1 Å². The molecule has 2 aromatic carbocycles. The van der Waals surface area contributed by atoms with E-state index in [2.05, 4.69) is 61.2 Å². The molecule has 0 N–H and O–H groups in total. The van der Waals surface area contributed by atoms with E-state index in [1.54, 1.807) is 0 Å². The molecule has 0 aliphatic rings. The number of fused-ring (bicyclic) bond motifs is 3. The molecular formula is C17H19NS. The van der Waals surface area contributed by atoms with E-state index >= 15 is 0 Å². The maximum Gasteiger partial charge on any atom is 0.0355 e. The highest BCUT2D eigenvalue weighted by Gasteiger charge is 2.06. The third-order valence-corrected chi connectivity index (χ3v) is 4.89. The van der Waals surface area contributed by atoms with E-state index in [9.17, 15) is 0 Å². The Labute approximate surface area is 118 Å². The Hall–Kier alpha value is -1.38. The molecule has 1 aromatic heterocycles. The summed E-state index contributed by atoms with van der Waals surface area (Å²) in [5.74, 6) is 0. The molecule has 0 spiro atoms. The number of benzene rings is 2. The third kappa shape index (κ3) is 2.38. The smallest absolute Gasteiger partial charge is 0.0355 e. The molecule has 0 amide bonds. The van der Waals surface area contributed by atoms with Crippen LogP contribution in [0.25, 0.3) is 20.2 Å². The maximum absolute atomic E-state index is 2.45. The van der Waals surface area contributed by atoms with E-state index in [1.807, 2.05) is 11.3 Å². The monoisotopic (exact) mass is 269 g/mol. The van der Waals surface area contributed by atoms with Gasteiger partial charge in [0.25, 0.3) is 0 Å². The van der Waals surface area contributed by atoms with Gasteiger partial charge in [-0.1, -0.05) is 38.1 Å². The summed E-state index contributed by atoms with van der Waals surface area (Å²) in [5, 5.41) is 2.80. The zero-order valence-electron chi connectivity index (χ0n) is 11.5. The van der Waals surface area contributed by atoms with Crippen molar-refractivity contribution in [2.45, 2.75) is 20.4 Å². The summed E-state index contributed by atoms with van der Waals surface area (Å²) in [6, 6.07) is 15.6. The van der Waals surface area contributed by atoms with Crippen LogP contribution in [0.1, 0.15) is 19.4 Å². The SMILES string of the molecule is CCN(CC)Cc1ccc2sc3ccccc3c2c1. The average molecular weight is 269 g/mol. The Kier molecular flexibility index (Phi) is 3.54. The van der Waals surface area contributed by atoms with E-state index in [0.717, 1.165) is 19.6 Å². The van der Waals surface area contributed by atoms with E-state index in [1.165, 1.54) is 25.7 Å². The molecular weight excluding hydrogens is 250 g/mol.